The Kier molecular flexibility index (Phi) is 7.59. The number of piperidine rings is 1. The van der Waals surface area contributed by atoms with E-state index >= 15 is 0 Å². The van der Waals surface area contributed by atoms with Crippen LogP contribution in [-0.4, -0.2) is 72.5 Å². The number of nitrogens with zero attached hydrogens (tertiary/aromatic N) is 4. The van der Waals surface area contributed by atoms with E-state index in [1.54, 1.807) is 0 Å². The average Bonchev–Trinajstić information content (AvgIpc) is 3.31. The van der Waals surface area contributed by atoms with Gasteiger partial charge in [-0.2, -0.15) is 35.5 Å². The lowest BCUT2D eigenvalue weighted by Crippen LogP contribution is -2.57. The third-order valence-electron chi connectivity index (χ3n) is 6.98. The molecule has 2 amide bonds. The summed E-state index contributed by atoms with van der Waals surface area (Å²) in [4.78, 5) is 27.6. The fraction of sp³-hybridized carbons (Fsp3) is 0.609. The van der Waals surface area contributed by atoms with Crippen LogP contribution in [0, 0.1) is 23.2 Å². The van der Waals surface area contributed by atoms with E-state index in [0.29, 0.717) is 44.3 Å². The lowest BCUT2D eigenvalue weighted by atomic mass is 9.97. The maximum Gasteiger partial charge on any atom is 0.416 e. The first-order valence-corrected chi connectivity index (χ1v) is 13.3. The van der Waals surface area contributed by atoms with Gasteiger partial charge in [0, 0.05) is 39.3 Å². The van der Waals surface area contributed by atoms with Crippen LogP contribution >= 0.6 is 0 Å². The van der Waals surface area contributed by atoms with Gasteiger partial charge in [-0.15, -0.1) is 0 Å². The normalized spacial score (nSPS) is 24.2. The monoisotopic (exact) mass is 527 g/mol. The number of hydrogen-bond acceptors (Lipinski definition) is 5. The van der Waals surface area contributed by atoms with E-state index < -0.39 is 39.8 Å². The number of benzene rings is 1. The SMILES string of the molecule is N#CC1CN(S(=O)(=O)N2CCC[C@H](C(=O)N3CCC[C@@H]3C(=O)NCc3cccc(C(F)(F)F)c3)C2)C1. The van der Waals surface area contributed by atoms with Crippen molar-refractivity contribution < 1.29 is 31.2 Å². The van der Waals surface area contributed by atoms with Crippen LogP contribution in [0.15, 0.2) is 24.3 Å². The van der Waals surface area contributed by atoms with Crippen LogP contribution in [0.2, 0.25) is 0 Å². The molecular formula is C23H28F3N5O4S. The third-order valence-corrected chi connectivity index (χ3v) is 8.91. The largest absolute Gasteiger partial charge is 0.416 e. The second-order valence-corrected chi connectivity index (χ2v) is 11.4. The fourth-order valence-corrected chi connectivity index (χ4v) is 6.72. The van der Waals surface area contributed by atoms with Crippen LogP contribution in [-0.2, 0) is 32.5 Å². The van der Waals surface area contributed by atoms with E-state index in [1.807, 2.05) is 6.07 Å². The maximum atomic E-state index is 13.3. The van der Waals surface area contributed by atoms with Crippen molar-refractivity contribution in [3.05, 3.63) is 35.4 Å². The summed E-state index contributed by atoms with van der Waals surface area (Å²) in [5, 5.41) is 11.6. The molecule has 0 aromatic heterocycles. The molecule has 0 radical (unpaired) electrons. The minimum atomic E-state index is -4.48. The maximum absolute atomic E-state index is 13.3. The lowest BCUT2D eigenvalue weighted by molar-refractivity contribution is -0.142. The van der Waals surface area contributed by atoms with Gasteiger partial charge >= 0.3 is 6.18 Å². The van der Waals surface area contributed by atoms with E-state index in [4.69, 9.17) is 5.26 Å². The number of carbonyl (C=O) groups excluding carboxylic acids is 2. The van der Waals surface area contributed by atoms with E-state index in [2.05, 4.69) is 5.32 Å². The highest BCUT2D eigenvalue weighted by molar-refractivity contribution is 7.86. The van der Waals surface area contributed by atoms with Crippen LogP contribution in [0.25, 0.3) is 0 Å². The number of likely N-dealkylation sites (tertiary alicyclic amines) is 1. The molecule has 1 N–H and O–H groups in total. The molecule has 196 valence electrons. The molecule has 2 atom stereocenters. The summed E-state index contributed by atoms with van der Waals surface area (Å²) in [6.45, 7) is 0.864. The van der Waals surface area contributed by atoms with Crippen molar-refractivity contribution in [2.45, 2.75) is 44.4 Å². The summed E-state index contributed by atoms with van der Waals surface area (Å²) < 4.78 is 67.1. The highest BCUT2D eigenvalue weighted by atomic mass is 32.2. The Hall–Kier alpha value is -2.69. The summed E-state index contributed by atoms with van der Waals surface area (Å²) in [5.41, 5.74) is -0.503. The van der Waals surface area contributed by atoms with Crippen molar-refractivity contribution in [1.82, 2.24) is 18.8 Å². The molecule has 36 heavy (non-hydrogen) atoms. The Morgan fingerprint density at radius 3 is 2.50 bits per heavy atom. The molecule has 0 unspecified atom stereocenters. The van der Waals surface area contributed by atoms with Gasteiger partial charge in [-0.1, -0.05) is 12.1 Å². The van der Waals surface area contributed by atoms with Crippen molar-refractivity contribution in [3.63, 3.8) is 0 Å². The second-order valence-electron chi connectivity index (χ2n) is 9.45. The minimum absolute atomic E-state index is 0.0178. The number of hydrogen-bond donors (Lipinski definition) is 1. The molecule has 13 heteroatoms. The summed E-state index contributed by atoms with van der Waals surface area (Å²) >= 11 is 0. The first-order chi connectivity index (χ1) is 17.0. The van der Waals surface area contributed by atoms with Crippen LogP contribution in [0.1, 0.15) is 36.8 Å². The van der Waals surface area contributed by atoms with Crippen molar-refractivity contribution >= 4 is 22.0 Å². The van der Waals surface area contributed by atoms with E-state index in [1.165, 1.54) is 25.6 Å². The van der Waals surface area contributed by atoms with E-state index in [9.17, 15) is 31.2 Å². The standard InChI is InChI=1S/C23H28F3N5O4S/c24-23(25,26)19-6-1-4-16(10-19)12-28-21(32)20-7-3-9-31(20)22(33)18-5-2-8-29(15-18)36(34,35)30-13-17(11-27)14-30/h1,4,6,10,17-18,20H,2-3,5,7-9,12-15H2,(H,28,32)/t18-,20+/m0/s1. The predicted molar refractivity (Wildman–Crippen MR) is 122 cm³/mol. The summed E-state index contributed by atoms with van der Waals surface area (Å²) in [6, 6.07) is 6.00. The molecule has 3 heterocycles. The molecule has 0 spiro atoms. The average molecular weight is 528 g/mol. The Morgan fingerprint density at radius 2 is 1.81 bits per heavy atom. The van der Waals surface area contributed by atoms with Gasteiger partial charge in [0.1, 0.15) is 6.04 Å². The van der Waals surface area contributed by atoms with Crippen molar-refractivity contribution in [2.75, 3.05) is 32.7 Å². The van der Waals surface area contributed by atoms with Gasteiger partial charge in [0.2, 0.25) is 11.8 Å². The van der Waals surface area contributed by atoms with Gasteiger partial charge in [0.15, 0.2) is 0 Å². The number of rotatable bonds is 6. The molecule has 0 saturated carbocycles. The minimum Gasteiger partial charge on any atom is -0.350 e. The van der Waals surface area contributed by atoms with Gasteiger partial charge in [-0.3, -0.25) is 9.59 Å². The number of amides is 2. The molecule has 3 aliphatic rings. The van der Waals surface area contributed by atoms with Crippen molar-refractivity contribution in [1.29, 1.82) is 5.26 Å². The van der Waals surface area contributed by atoms with Gasteiger partial charge in [0.05, 0.1) is 23.5 Å². The molecule has 4 rings (SSSR count). The predicted octanol–water partition coefficient (Wildman–Crippen LogP) is 1.72. The van der Waals surface area contributed by atoms with Crippen LogP contribution in [0.3, 0.4) is 0 Å². The lowest BCUT2D eigenvalue weighted by Gasteiger charge is -2.41. The van der Waals surface area contributed by atoms with Gasteiger partial charge in [0.25, 0.3) is 10.2 Å². The molecular weight excluding hydrogens is 499 g/mol. The van der Waals surface area contributed by atoms with E-state index in [0.717, 1.165) is 12.1 Å². The molecule has 1 aromatic rings. The fourth-order valence-electron chi connectivity index (χ4n) is 4.93. The number of nitriles is 1. The van der Waals surface area contributed by atoms with Gasteiger partial charge < -0.3 is 10.2 Å². The molecule has 9 nitrogen and oxygen atoms in total. The molecule has 0 aliphatic carbocycles. The quantitative estimate of drug-likeness (QED) is 0.605. The van der Waals surface area contributed by atoms with E-state index in [-0.39, 0.29) is 38.0 Å². The number of nitrogens with one attached hydrogen (secondary N) is 1. The zero-order valence-corrected chi connectivity index (χ0v) is 20.4. The smallest absolute Gasteiger partial charge is 0.350 e. The molecule has 3 fully saturated rings. The number of alkyl halides is 3. The topological polar surface area (TPSA) is 114 Å². The Labute approximate surface area is 208 Å². The summed E-state index contributed by atoms with van der Waals surface area (Å²) in [5.74, 6) is -1.63. The van der Waals surface area contributed by atoms with Gasteiger partial charge in [-0.05, 0) is 43.4 Å². The van der Waals surface area contributed by atoms with Crippen molar-refractivity contribution in [3.8, 4) is 6.07 Å². The molecule has 3 aliphatic heterocycles. The molecule has 0 bridgehead atoms. The highest BCUT2D eigenvalue weighted by Gasteiger charge is 2.44. The van der Waals surface area contributed by atoms with Crippen LogP contribution < -0.4 is 5.32 Å². The van der Waals surface area contributed by atoms with Crippen LogP contribution in [0.4, 0.5) is 13.2 Å². The first kappa shape index (κ1) is 26.4. The molecule has 1 aromatic carbocycles. The Morgan fingerprint density at radius 1 is 1.08 bits per heavy atom. The Balaban J connectivity index is 1.36. The third kappa shape index (κ3) is 5.50. The second kappa shape index (κ2) is 10.4. The van der Waals surface area contributed by atoms with Crippen molar-refractivity contribution in [2.24, 2.45) is 11.8 Å². The molecule has 3 saturated heterocycles. The summed E-state index contributed by atoms with van der Waals surface area (Å²) in [6.07, 6.45) is -2.45. The van der Waals surface area contributed by atoms with Crippen LogP contribution in [0.5, 0.6) is 0 Å². The highest BCUT2D eigenvalue weighted by Crippen LogP contribution is 2.30. The summed E-state index contributed by atoms with van der Waals surface area (Å²) in [7, 11) is -3.76. The number of carbonyl (C=O) groups is 2. The zero-order valence-electron chi connectivity index (χ0n) is 19.6. The van der Waals surface area contributed by atoms with Gasteiger partial charge in [-0.25, -0.2) is 0 Å². The Bertz CT molecular complexity index is 1150. The zero-order chi connectivity index (χ0) is 26.1. The first-order valence-electron chi connectivity index (χ1n) is 11.9. The number of halogens is 3.